The topological polar surface area (TPSA) is 75.6 Å². The number of fused-ring (bicyclic) bond motifs is 3. The molecule has 2 aromatic carbocycles. The van der Waals surface area contributed by atoms with Crippen molar-refractivity contribution in [2.45, 2.75) is 12.3 Å². The van der Waals surface area contributed by atoms with E-state index in [-0.39, 0.29) is 5.91 Å². The van der Waals surface area contributed by atoms with Gasteiger partial charge in [-0.1, -0.05) is 30.3 Å². The van der Waals surface area contributed by atoms with Crippen molar-refractivity contribution in [3.05, 3.63) is 65.2 Å². The summed E-state index contributed by atoms with van der Waals surface area (Å²) in [6.07, 6.45) is 1.11. The maximum Gasteiger partial charge on any atom is 0.341 e. The van der Waals surface area contributed by atoms with Crippen LogP contribution in [0.3, 0.4) is 0 Å². The molecule has 0 heterocycles. The summed E-state index contributed by atoms with van der Waals surface area (Å²) in [6.45, 7) is 0.249. The molecule has 2 aliphatic carbocycles. The molecular weight excluding hydrogens is 318 g/mol. The number of nitrogens with one attached hydrogen (secondary N) is 1. The number of ether oxygens (including phenoxy) is 1. The Kier molecular flexibility index (Phi) is 3.92. The average molecular weight is 337 g/mol. The molecular formula is C20H19NO4. The van der Waals surface area contributed by atoms with Crippen LogP contribution in [0.15, 0.2) is 48.5 Å². The first-order valence-electron chi connectivity index (χ1n) is 8.44. The Hall–Kier alpha value is -2.82. The van der Waals surface area contributed by atoms with Gasteiger partial charge in [0.1, 0.15) is 5.75 Å². The smallest absolute Gasteiger partial charge is 0.341 e. The maximum absolute atomic E-state index is 12.3. The van der Waals surface area contributed by atoms with E-state index in [4.69, 9.17) is 9.84 Å². The molecule has 2 aromatic rings. The Morgan fingerprint density at radius 1 is 1.16 bits per heavy atom. The maximum atomic E-state index is 12.3. The second-order valence-electron chi connectivity index (χ2n) is 6.68. The van der Waals surface area contributed by atoms with Gasteiger partial charge in [0.05, 0.1) is 0 Å². The zero-order valence-corrected chi connectivity index (χ0v) is 13.6. The Bertz CT molecular complexity index is 832. The van der Waals surface area contributed by atoms with Crippen molar-refractivity contribution in [1.29, 1.82) is 0 Å². The second-order valence-corrected chi connectivity index (χ2v) is 6.68. The van der Waals surface area contributed by atoms with Gasteiger partial charge in [0.2, 0.25) is 0 Å². The van der Waals surface area contributed by atoms with Gasteiger partial charge < -0.3 is 15.2 Å². The number of aliphatic carboxylic acids is 1. The predicted molar refractivity (Wildman–Crippen MR) is 91.8 cm³/mol. The molecule has 3 unspecified atom stereocenters. The fraction of sp³-hybridized carbons (Fsp3) is 0.300. The molecule has 0 radical (unpaired) electrons. The minimum absolute atomic E-state index is 0.154. The van der Waals surface area contributed by atoms with Gasteiger partial charge in [0, 0.05) is 12.1 Å². The van der Waals surface area contributed by atoms with Crippen LogP contribution >= 0.6 is 0 Å². The Labute approximate surface area is 145 Å². The van der Waals surface area contributed by atoms with Crippen LogP contribution in [-0.2, 0) is 11.2 Å². The zero-order chi connectivity index (χ0) is 17.4. The third kappa shape index (κ3) is 3.09. The molecule has 5 heteroatoms. The van der Waals surface area contributed by atoms with Gasteiger partial charge >= 0.3 is 5.97 Å². The lowest BCUT2D eigenvalue weighted by molar-refractivity contribution is -0.139. The number of rotatable bonds is 6. The van der Waals surface area contributed by atoms with Crippen molar-refractivity contribution in [2.24, 2.45) is 11.8 Å². The molecule has 128 valence electrons. The van der Waals surface area contributed by atoms with Crippen LogP contribution in [-0.4, -0.2) is 30.1 Å². The molecule has 1 saturated carbocycles. The van der Waals surface area contributed by atoms with E-state index in [1.807, 2.05) is 0 Å². The summed E-state index contributed by atoms with van der Waals surface area (Å²) in [5.41, 5.74) is 3.37. The van der Waals surface area contributed by atoms with Crippen molar-refractivity contribution < 1.29 is 19.4 Å². The number of carbonyl (C=O) groups excluding carboxylic acids is 1. The van der Waals surface area contributed by atoms with Gasteiger partial charge in [-0.15, -0.1) is 0 Å². The molecule has 2 N–H and O–H groups in total. The highest BCUT2D eigenvalue weighted by atomic mass is 16.5. The van der Waals surface area contributed by atoms with E-state index < -0.39 is 12.6 Å². The molecule has 0 saturated heterocycles. The van der Waals surface area contributed by atoms with E-state index in [2.05, 4.69) is 29.6 Å². The summed E-state index contributed by atoms with van der Waals surface area (Å²) in [7, 11) is 0. The van der Waals surface area contributed by atoms with Gasteiger partial charge in [0.15, 0.2) is 6.61 Å². The minimum atomic E-state index is -1.05. The first-order chi connectivity index (χ1) is 12.1. The zero-order valence-electron chi connectivity index (χ0n) is 13.6. The lowest BCUT2D eigenvalue weighted by Gasteiger charge is -2.10. The van der Waals surface area contributed by atoms with E-state index in [1.54, 1.807) is 24.3 Å². The number of carboxylic acids is 1. The number of amides is 1. The molecule has 3 atom stereocenters. The molecule has 2 aliphatic rings. The standard InChI is InChI=1S/C20H19NO4/c22-18(23)11-25-14-6-3-5-13(8-14)20(24)21-10-17-16-9-12-4-1-2-7-15(12)19(16)17/h1-8,16-17,19H,9-11H2,(H,21,24)(H,22,23). The van der Waals surface area contributed by atoms with E-state index in [1.165, 1.54) is 11.1 Å². The van der Waals surface area contributed by atoms with Gasteiger partial charge in [-0.25, -0.2) is 4.79 Å². The summed E-state index contributed by atoms with van der Waals surface area (Å²) >= 11 is 0. The average Bonchev–Trinajstić information content (AvgIpc) is 3.16. The van der Waals surface area contributed by atoms with E-state index >= 15 is 0 Å². The fourth-order valence-corrected chi connectivity index (χ4v) is 3.95. The third-order valence-electron chi connectivity index (χ3n) is 5.16. The van der Waals surface area contributed by atoms with Crippen LogP contribution in [0.5, 0.6) is 5.75 Å². The second kappa shape index (κ2) is 6.24. The van der Waals surface area contributed by atoms with Gasteiger partial charge in [-0.3, -0.25) is 4.79 Å². The summed E-state index contributed by atoms with van der Waals surface area (Å²) in [4.78, 5) is 22.9. The number of carboxylic acid groups (broad SMARTS) is 1. The van der Waals surface area contributed by atoms with Crippen LogP contribution in [0, 0.1) is 11.8 Å². The van der Waals surface area contributed by atoms with Crippen molar-refractivity contribution in [3.8, 4) is 5.75 Å². The van der Waals surface area contributed by atoms with E-state index in [9.17, 15) is 9.59 Å². The van der Waals surface area contributed by atoms with Crippen LogP contribution in [0.1, 0.15) is 27.4 Å². The molecule has 0 aromatic heterocycles. The van der Waals surface area contributed by atoms with Crippen LogP contribution in [0.2, 0.25) is 0 Å². The van der Waals surface area contributed by atoms with Crippen LogP contribution in [0.4, 0.5) is 0 Å². The third-order valence-corrected chi connectivity index (χ3v) is 5.16. The van der Waals surface area contributed by atoms with E-state index in [0.717, 1.165) is 6.42 Å². The quantitative estimate of drug-likeness (QED) is 0.849. The predicted octanol–water partition coefficient (Wildman–Crippen LogP) is 2.47. The summed E-state index contributed by atoms with van der Waals surface area (Å²) < 4.78 is 5.12. The van der Waals surface area contributed by atoms with E-state index in [0.29, 0.717) is 35.6 Å². The van der Waals surface area contributed by atoms with Crippen molar-refractivity contribution >= 4 is 11.9 Å². The number of hydrogen-bond donors (Lipinski definition) is 2. The monoisotopic (exact) mass is 337 g/mol. The SMILES string of the molecule is O=C(O)COc1cccc(C(=O)NCC2C3Cc4ccccc4C23)c1. The van der Waals surface area contributed by atoms with Gasteiger partial charge in [0.25, 0.3) is 5.91 Å². The lowest BCUT2D eigenvalue weighted by Crippen LogP contribution is -2.26. The van der Waals surface area contributed by atoms with Gasteiger partial charge in [-0.2, -0.15) is 0 Å². The molecule has 4 rings (SSSR count). The normalized spacial score (nSPS) is 22.6. The van der Waals surface area contributed by atoms with Gasteiger partial charge in [-0.05, 0) is 53.5 Å². The Balaban J connectivity index is 1.33. The van der Waals surface area contributed by atoms with Crippen LogP contribution in [0.25, 0.3) is 0 Å². The lowest BCUT2D eigenvalue weighted by atomic mass is 10.0. The minimum Gasteiger partial charge on any atom is -0.482 e. The highest BCUT2D eigenvalue weighted by Crippen LogP contribution is 2.60. The molecule has 1 amide bonds. The number of carbonyl (C=O) groups is 2. The summed E-state index contributed by atoms with van der Waals surface area (Å²) in [5.74, 6) is 0.941. The number of benzene rings is 2. The first kappa shape index (κ1) is 15.7. The highest BCUT2D eigenvalue weighted by Gasteiger charge is 2.54. The first-order valence-corrected chi connectivity index (χ1v) is 8.44. The van der Waals surface area contributed by atoms with Crippen LogP contribution < -0.4 is 10.1 Å². The molecule has 0 spiro atoms. The largest absolute Gasteiger partial charge is 0.482 e. The molecule has 0 aliphatic heterocycles. The Morgan fingerprint density at radius 2 is 2.00 bits per heavy atom. The van der Waals surface area contributed by atoms with Crippen molar-refractivity contribution in [1.82, 2.24) is 5.32 Å². The number of hydrogen-bond acceptors (Lipinski definition) is 3. The molecule has 5 nitrogen and oxygen atoms in total. The van der Waals surface area contributed by atoms with Crippen molar-refractivity contribution in [2.75, 3.05) is 13.2 Å². The molecule has 25 heavy (non-hydrogen) atoms. The highest BCUT2D eigenvalue weighted by molar-refractivity contribution is 5.94. The molecule has 0 bridgehead atoms. The summed E-state index contributed by atoms with van der Waals surface area (Å²) in [6, 6.07) is 15.2. The Morgan fingerprint density at radius 3 is 2.84 bits per heavy atom. The molecule has 1 fully saturated rings. The van der Waals surface area contributed by atoms with Crippen molar-refractivity contribution in [3.63, 3.8) is 0 Å². The summed E-state index contributed by atoms with van der Waals surface area (Å²) in [5, 5.41) is 11.7. The fourth-order valence-electron chi connectivity index (χ4n) is 3.95.